The molecular formula is C18H22N2O3. The second-order valence-electron chi connectivity index (χ2n) is 5.79. The lowest BCUT2D eigenvalue weighted by molar-refractivity contribution is -0.141. The van der Waals surface area contributed by atoms with Gasteiger partial charge in [-0.1, -0.05) is 30.3 Å². The number of hydrogen-bond donors (Lipinski definition) is 1. The summed E-state index contributed by atoms with van der Waals surface area (Å²) >= 11 is 0. The highest BCUT2D eigenvalue weighted by molar-refractivity contribution is 5.97. The van der Waals surface area contributed by atoms with E-state index in [0.717, 1.165) is 17.0 Å². The average Bonchev–Trinajstić information content (AvgIpc) is 2.81. The van der Waals surface area contributed by atoms with Gasteiger partial charge in [-0.15, -0.1) is 0 Å². The Morgan fingerprint density at radius 2 is 1.83 bits per heavy atom. The van der Waals surface area contributed by atoms with Crippen molar-refractivity contribution in [3.05, 3.63) is 58.9 Å². The predicted molar refractivity (Wildman–Crippen MR) is 88.6 cm³/mol. The van der Waals surface area contributed by atoms with Crippen LogP contribution >= 0.6 is 0 Å². The van der Waals surface area contributed by atoms with Gasteiger partial charge in [0.25, 0.3) is 5.91 Å². The molecule has 0 aliphatic rings. The molecule has 0 spiro atoms. The molecule has 1 aromatic heterocycles. The van der Waals surface area contributed by atoms with Crippen molar-refractivity contribution in [2.45, 2.75) is 33.4 Å². The van der Waals surface area contributed by atoms with Crippen molar-refractivity contribution in [1.82, 2.24) is 9.47 Å². The highest BCUT2D eigenvalue weighted by atomic mass is 16.4. The molecule has 0 aliphatic carbocycles. The molecule has 1 heterocycles. The Kier molecular flexibility index (Phi) is 4.89. The molecule has 0 saturated carbocycles. The zero-order valence-electron chi connectivity index (χ0n) is 13.9. The molecule has 0 aliphatic heterocycles. The normalized spacial score (nSPS) is 12.0. The second kappa shape index (κ2) is 6.69. The number of benzene rings is 1. The highest BCUT2D eigenvalue weighted by Crippen LogP contribution is 2.19. The molecule has 2 aromatic rings. The predicted octanol–water partition coefficient (Wildman–Crippen LogP) is 2.70. The van der Waals surface area contributed by atoms with Gasteiger partial charge in [0.15, 0.2) is 0 Å². The van der Waals surface area contributed by atoms with Crippen molar-refractivity contribution in [1.29, 1.82) is 0 Å². The van der Waals surface area contributed by atoms with Crippen molar-refractivity contribution in [2.24, 2.45) is 0 Å². The van der Waals surface area contributed by atoms with Gasteiger partial charge in [-0.05, 0) is 32.4 Å². The SMILES string of the molecule is Cc1cc(C(=O)N(C)C(C)C(=O)O)c(C)n1Cc1ccccc1. The molecule has 0 bridgehead atoms. The van der Waals surface area contributed by atoms with E-state index in [1.54, 1.807) is 0 Å². The number of carbonyl (C=O) groups excluding carboxylic acids is 1. The van der Waals surface area contributed by atoms with Crippen molar-refractivity contribution in [2.75, 3.05) is 7.05 Å². The standard InChI is InChI=1S/C18H22N2O3/c1-12-10-16(17(21)19(4)14(3)18(22)23)13(2)20(12)11-15-8-6-5-7-9-15/h5-10,14H,11H2,1-4H3,(H,22,23). The van der Waals surface area contributed by atoms with Crippen LogP contribution < -0.4 is 0 Å². The van der Waals surface area contributed by atoms with Gasteiger partial charge in [-0.25, -0.2) is 4.79 Å². The van der Waals surface area contributed by atoms with Crippen LogP contribution in [0, 0.1) is 13.8 Å². The van der Waals surface area contributed by atoms with E-state index in [9.17, 15) is 9.59 Å². The first kappa shape index (κ1) is 16.8. The minimum atomic E-state index is -1.01. The van der Waals surface area contributed by atoms with Gasteiger partial charge >= 0.3 is 5.97 Å². The maximum atomic E-state index is 12.6. The largest absolute Gasteiger partial charge is 0.480 e. The van der Waals surface area contributed by atoms with E-state index >= 15 is 0 Å². The first-order chi connectivity index (χ1) is 10.8. The third-order valence-electron chi connectivity index (χ3n) is 4.25. The van der Waals surface area contributed by atoms with Gasteiger partial charge in [-0.3, -0.25) is 4.79 Å². The minimum Gasteiger partial charge on any atom is -0.480 e. The first-order valence-electron chi connectivity index (χ1n) is 7.53. The molecule has 122 valence electrons. The molecule has 1 aromatic carbocycles. The number of likely N-dealkylation sites (N-methyl/N-ethyl adjacent to an activating group) is 1. The fourth-order valence-corrected chi connectivity index (χ4v) is 2.56. The number of aryl methyl sites for hydroxylation is 1. The molecule has 23 heavy (non-hydrogen) atoms. The fraction of sp³-hybridized carbons (Fsp3) is 0.333. The monoisotopic (exact) mass is 314 g/mol. The lowest BCUT2D eigenvalue weighted by Crippen LogP contribution is -2.40. The number of carboxylic acid groups (broad SMARTS) is 1. The lowest BCUT2D eigenvalue weighted by Gasteiger charge is -2.21. The van der Waals surface area contributed by atoms with Crippen LogP contribution in [0.5, 0.6) is 0 Å². The van der Waals surface area contributed by atoms with Crippen LogP contribution in [0.25, 0.3) is 0 Å². The Hall–Kier alpha value is -2.56. The van der Waals surface area contributed by atoms with Gasteiger partial charge in [0, 0.05) is 25.0 Å². The molecule has 0 radical (unpaired) electrons. The van der Waals surface area contributed by atoms with Crippen molar-refractivity contribution < 1.29 is 14.7 Å². The number of amides is 1. The third-order valence-corrected chi connectivity index (χ3v) is 4.25. The summed E-state index contributed by atoms with van der Waals surface area (Å²) in [5.41, 5.74) is 3.53. The number of carboxylic acids is 1. The van der Waals surface area contributed by atoms with Gasteiger partial charge in [0.05, 0.1) is 5.56 Å². The van der Waals surface area contributed by atoms with E-state index in [2.05, 4.69) is 4.57 Å². The summed E-state index contributed by atoms with van der Waals surface area (Å²) in [4.78, 5) is 24.9. The van der Waals surface area contributed by atoms with E-state index in [4.69, 9.17) is 5.11 Å². The molecular weight excluding hydrogens is 292 g/mol. The number of aliphatic carboxylic acids is 1. The Balaban J connectivity index is 2.30. The van der Waals surface area contributed by atoms with E-state index < -0.39 is 12.0 Å². The highest BCUT2D eigenvalue weighted by Gasteiger charge is 2.25. The number of rotatable bonds is 5. The van der Waals surface area contributed by atoms with Crippen LogP contribution in [-0.4, -0.2) is 39.5 Å². The second-order valence-corrected chi connectivity index (χ2v) is 5.79. The maximum absolute atomic E-state index is 12.6. The summed E-state index contributed by atoms with van der Waals surface area (Å²) in [7, 11) is 1.52. The summed E-state index contributed by atoms with van der Waals surface area (Å²) in [5.74, 6) is -1.29. The summed E-state index contributed by atoms with van der Waals surface area (Å²) in [6, 6.07) is 11.0. The van der Waals surface area contributed by atoms with E-state index in [1.807, 2.05) is 50.2 Å². The van der Waals surface area contributed by atoms with E-state index in [0.29, 0.717) is 12.1 Å². The molecule has 5 nitrogen and oxygen atoms in total. The number of carbonyl (C=O) groups is 2. The Bertz CT molecular complexity index is 719. The van der Waals surface area contributed by atoms with Crippen molar-refractivity contribution in [3.8, 4) is 0 Å². The van der Waals surface area contributed by atoms with E-state index in [1.165, 1.54) is 18.9 Å². The van der Waals surface area contributed by atoms with Gasteiger partial charge in [-0.2, -0.15) is 0 Å². The van der Waals surface area contributed by atoms with Gasteiger partial charge < -0.3 is 14.6 Å². The molecule has 5 heteroatoms. The summed E-state index contributed by atoms with van der Waals surface area (Å²) in [5, 5.41) is 9.07. The van der Waals surface area contributed by atoms with Crippen LogP contribution in [0.2, 0.25) is 0 Å². The maximum Gasteiger partial charge on any atom is 0.326 e. The van der Waals surface area contributed by atoms with Gasteiger partial charge in [0.2, 0.25) is 0 Å². The summed E-state index contributed by atoms with van der Waals surface area (Å²) < 4.78 is 2.07. The first-order valence-corrected chi connectivity index (χ1v) is 7.53. The average molecular weight is 314 g/mol. The summed E-state index contributed by atoms with van der Waals surface area (Å²) in [6.07, 6.45) is 0. The topological polar surface area (TPSA) is 62.5 Å². The molecule has 1 atom stereocenters. The molecule has 1 N–H and O–H groups in total. The van der Waals surface area contributed by atoms with Crippen LogP contribution in [0.4, 0.5) is 0 Å². The lowest BCUT2D eigenvalue weighted by atomic mass is 10.2. The smallest absolute Gasteiger partial charge is 0.326 e. The van der Waals surface area contributed by atoms with Crippen molar-refractivity contribution in [3.63, 3.8) is 0 Å². The van der Waals surface area contributed by atoms with Crippen LogP contribution in [0.1, 0.15) is 34.2 Å². The Morgan fingerprint density at radius 1 is 1.22 bits per heavy atom. The van der Waals surface area contributed by atoms with Crippen molar-refractivity contribution >= 4 is 11.9 Å². The molecule has 0 saturated heterocycles. The number of aromatic nitrogens is 1. The number of nitrogens with zero attached hydrogens (tertiary/aromatic N) is 2. The van der Waals surface area contributed by atoms with E-state index in [-0.39, 0.29) is 5.91 Å². The van der Waals surface area contributed by atoms with Gasteiger partial charge in [0.1, 0.15) is 6.04 Å². The quantitative estimate of drug-likeness (QED) is 0.923. The summed E-state index contributed by atoms with van der Waals surface area (Å²) in [6.45, 7) is 6.03. The number of hydrogen-bond acceptors (Lipinski definition) is 2. The zero-order chi connectivity index (χ0) is 17.1. The zero-order valence-corrected chi connectivity index (χ0v) is 13.9. The van der Waals surface area contributed by atoms with Crippen LogP contribution in [-0.2, 0) is 11.3 Å². The molecule has 2 rings (SSSR count). The Labute approximate surface area is 136 Å². The fourth-order valence-electron chi connectivity index (χ4n) is 2.56. The molecule has 1 unspecified atom stereocenters. The third kappa shape index (κ3) is 3.44. The minimum absolute atomic E-state index is 0.271. The van der Waals surface area contributed by atoms with Crippen LogP contribution in [0.15, 0.2) is 36.4 Å². The Morgan fingerprint density at radius 3 is 2.39 bits per heavy atom. The molecule has 0 fully saturated rings. The van der Waals surface area contributed by atoms with Crippen LogP contribution in [0.3, 0.4) is 0 Å². The molecule has 1 amide bonds.